The molecule has 5 rings (SSSR count). The largest absolute Gasteiger partial charge is 0.493 e. The zero-order chi connectivity index (χ0) is 30.4. The Bertz CT molecular complexity index is 1490. The van der Waals surface area contributed by atoms with Crippen molar-refractivity contribution in [2.24, 2.45) is 0 Å². The monoisotopic (exact) mass is 652 g/mol. The topological polar surface area (TPSA) is 93.2 Å². The highest BCUT2D eigenvalue weighted by Gasteiger charge is 2.50. The molecule has 1 heterocycles. The van der Waals surface area contributed by atoms with E-state index in [1.54, 1.807) is 18.2 Å². The van der Waals surface area contributed by atoms with E-state index >= 15 is 4.39 Å². The fourth-order valence-corrected chi connectivity index (χ4v) is 6.78. The quantitative estimate of drug-likeness (QED) is 0.255. The molecular formula is C27H26Cl2F4N2O6S. The maximum absolute atomic E-state index is 15.4. The Labute approximate surface area is 249 Å². The summed E-state index contributed by atoms with van der Waals surface area (Å²) >= 11 is 12.1. The van der Waals surface area contributed by atoms with Crippen molar-refractivity contribution in [1.82, 2.24) is 9.37 Å². The van der Waals surface area contributed by atoms with Gasteiger partial charge in [-0.15, -0.1) is 0 Å². The molecule has 2 aromatic carbocycles. The van der Waals surface area contributed by atoms with Crippen molar-refractivity contribution < 1.29 is 45.1 Å². The lowest BCUT2D eigenvalue weighted by molar-refractivity contribution is -0.217. The smallest absolute Gasteiger partial charge is 0.489 e. The van der Waals surface area contributed by atoms with Crippen molar-refractivity contribution in [2.45, 2.75) is 68.5 Å². The summed E-state index contributed by atoms with van der Waals surface area (Å²) in [7, 11) is -4.79. The highest BCUT2D eigenvalue weighted by molar-refractivity contribution is 7.90. The van der Waals surface area contributed by atoms with Crippen LogP contribution in [0.3, 0.4) is 0 Å². The first-order valence-electron chi connectivity index (χ1n) is 13.3. The van der Waals surface area contributed by atoms with E-state index in [9.17, 15) is 31.2 Å². The van der Waals surface area contributed by atoms with Crippen molar-refractivity contribution in [3.05, 3.63) is 62.9 Å². The molecule has 1 amide bonds. The molecule has 228 valence electrons. The highest BCUT2D eigenvalue weighted by atomic mass is 35.5. The number of likely N-dealkylation sites (tertiary alicyclic amines) is 1. The Hall–Kier alpha value is -2.61. The van der Waals surface area contributed by atoms with E-state index in [1.165, 1.54) is 6.07 Å². The van der Waals surface area contributed by atoms with Gasteiger partial charge in [0.25, 0.3) is 10.0 Å². The van der Waals surface area contributed by atoms with Crippen LogP contribution in [-0.2, 0) is 26.2 Å². The number of benzene rings is 2. The number of carbonyl (C=O) groups excluding carboxylic acids is 2. The number of sulfonamides is 1. The number of nitrogens with zero attached hydrogens (tertiary/aromatic N) is 2. The normalized spacial score (nSPS) is 18.5. The minimum atomic E-state index is -5.57. The average molecular weight is 653 g/mol. The number of hydroxylamine groups is 1. The van der Waals surface area contributed by atoms with E-state index in [1.807, 2.05) is 0 Å². The minimum Gasteiger partial charge on any atom is -0.489 e. The number of amides is 1. The van der Waals surface area contributed by atoms with Crippen LogP contribution in [0.15, 0.2) is 30.3 Å². The molecule has 0 bridgehead atoms. The van der Waals surface area contributed by atoms with Crippen LogP contribution in [0.5, 0.6) is 5.75 Å². The minimum absolute atomic E-state index is 0.0220. The van der Waals surface area contributed by atoms with Gasteiger partial charge in [-0.1, -0.05) is 27.7 Å². The molecule has 1 saturated heterocycles. The SMILES string of the molecule is O=C(c1cc(C2CC2)c(CN2CCC(Oc3ccc(Cl)cc3Cl)CC2)cc1F)N(OC(=O)C(F)(F)F)S(=O)(=O)C1CC1. The lowest BCUT2D eigenvalue weighted by atomic mass is 9.97. The summed E-state index contributed by atoms with van der Waals surface area (Å²) in [6, 6.07) is 7.24. The fourth-order valence-electron chi connectivity index (χ4n) is 4.82. The predicted molar refractivity (Wildman–Crippen MR) is 144 cm³/mol. The van der Waals surface area contributed by atoms with Crippen molar-refractivity contribution in [3.63, 3.8) is 0 Å². The zero-order valence-corrected chi connectivity index (χ0v) is 24.3. The van der Waals surface area contributed by atoms with Gasteiger partial charge < -0.3 is 9.57 Å². The molecule has 2 aliphatic carbocycles. The molecule has 0 aromatic heterocycles. The standard InChI is InChI=1S/C27H26Cl2F4N2O6S/c28-17-3-6-24(22(29)12-17)40-18-7-9-34(10-8-18)14-16-11-23(30)21(13-20(16)15-1-2-15)25(36)35(41-26(37)27(31,32)33)42(38,39)19-4-5-19/h3,6,11-13,15,18-19H,1-2,4-5,7-10,14H2. The summed E-state index contributed by atoms with van der Waals surface area (Å²) in [6.45, 7) is 1.56. The Morgan fingerprint density at radius 2 is 1.67 bits per heavy atom. The van der Waals surface area contributed by atoms with Gasteiger partial charge in [0.1, 0.15) is 17.7 Å². The van der Waals surface area contributed by atoms with Crippen LogP contribution in [0.4, 0.5) is 17.6 Å². The number of hydrogen-bond acceptors (Lipinski definition) is 7. The molecule has 0 N–H and O–H groups in total. The second-order valence-electron chi connectivity index (χ2n) is 10.6. The van der Waals surface area contributed by atoms with Gasteiger partial charge in [-0.25, -0.2) is 17.6 Å². The van der Waals surface area contributed by atoms with Crippen LogP contribution >= 0.6 is 23.2 Å². The summed E-state index contributed by atoms with van der Waals surface area (Å²) in [5.41, 5.74) is 0.388. The first-order chi connectivity index (χ1) is 19.7. The zero-order valence-electron chi connectivity index (χ0n) is 22.0. The molecule has 3 fully saturated rings. The van der Waals surface area contributed by atoms with Crippen LogP contribution in [0, 0.1) is 5.82 Å². The van der Waals surface area contributed by atoms with E-state index in [0.29, 0.717) is 59.4 Å². The average Bonchev–Trinajstić information content (AvgIpc) is 3.82. The molecule has 3 aliphatic rings. The Balaban J connectivity index is 1.32. The number of halogens is 6. The predicted octanol–water partition coefficient (Wildman–Crippen LogP) is 6.01. The van der Waals surface area contributed by atoms with Gasteiger partial charge in [0.05, 0.1) is 15.8 Å². The van der Waals surface area contributed by atoms with Crippen LogP contribution in [0.1, 0.15) is 65.9 Å². The van der Waals surface area contributed by atoms with E-state index < -0.39 is 49.2 Å². The maximum Gasteiger partial charge on any atom is 0.493 e. The molecule has 15 heteroatoms. The summed E-state index contributed by atoms with van der Waals surface area (Å²) in [6.07, 6.45) is -2.71. The third kappa shape index (κ3) is 6.95. The second-order valence-corrected chi connectivity index (χ2v) is 13.5. The lowest BCUT2D eigenvalue weighted by Gasteiger charge is -2.33. The van der Waals surface area contributed by atoms with Crippen molar-refractivity contribution in [1.29, 1.82) is 0 Å². The third-order valence-corrected chi connectivity index (χ3v) is 9.88. The molecule has 1 aliphatic heterocycles. The molecule has 0 radical (unpaired) electrons. The van der Waals surface area contributed by atoms with Crippen LogP contribution in [-0.4, -0.2) is 60.3 Å². The summed E-state index contributed by atoms with van der Waals surface area (Å²) in [5.74, 6) is -5.22. The van der Waals surface area contributed by atoms with Crippen LogP contribution < -0.4 is 4.74 Å². The third-order valence-electron chi connectivity index (χ3n) is 7.33. The molecule has 2 saturated carbocycles. The Morgan fingerprint density at radius 1 is 1.00 bits per heavy atom. The van der Waals surface area contributed by atoms with E-state index in [2.05, 4.69) is 9.74 Å². The molecule has 2 aromatic rings. The number of alkyl halides is 3. The van der Waals surface area contributed by atoms with Gasteiger partial charge in [-0.05, 0) is 85.9 Å². The molecule has 0 atom stereocenters. The van der Waals surface area contributed by atoms with Gasteiger partial charge in [-0.3, -0.25) is 9.69 Å². The maximum atomic E-state index is 15.4. The molecule has 0 spiro atoms. The Kier molecular flexibility index (Phi) is 8.68. The summed E-state index contributed by atoms with van der Waals surface area (Å²) < 4.78 is 84.8. The van der Waals surface area contributed by atoms with Gasteiger partial charge in [0.15, 0.2) is 0 Å². The molecular weight excluding hydrogens is 627 g/mol. The lowest BCUT2D eigenvalue weighted by Crippen LogP contribution is -2.44. The van der Waals surface area contributed by atoms with Gasteiger partial charge in [-0.2, -0.15) is 13.2 Å². The molecule has 42 heavy (non-hydrogen) atoms. The van der Waals surface area contributed by atoms with Crippen LogP contribution in [0.25, 0.3) is 0 Å². The van der Waals surface area contributed by atoms with Crippen LogP contribution in [0.2, 0.25) is 10.0 Å². The Morgan fingerprint density at radius 3 is 2.24 bits per heavy atom. The van der Waals surface area contributed by atoms with E-state index in [4.69, 9.17) is 27.9 Å². The van der Waals surface area contributed by atoms with E-state index in [0.717, 1.165) is 18.9 Å². The van der Waals surface area contributed by atoms with Crippen molar-refractivity contribution in [2.75, 3.05) is 13.1 Å². The number of piperidine rings is 1. The number of carbonyl (C=O) groups is 2. The van der Waals surface area contributed by atoms with Gasteiger partial charge in [0.2, 0.25) is 0 Å². The van der Waals surface area contributed by atoms with Gasteiger partial charge >= 0.3 is 18.1 Å². The number of rotatable bonds is 8. The summed E-state index contributed by atoms with van der Waals surface area (Å²) in [5, 5.41) is -0.302. The first kappa shape index (κ1) is 30.8. The van der Waals surface area contributed by atoms with Crippen molar-refractivity contribution in [3.8, 4) is 5.75 Å². The first-order valence-corrected chi connectivity index (χ1v) is 15.5. The highest BCUT2D eigenvalue weighted by Crippen LogP contribution is 2.43. The molecule has 0 unspecified atom stereocenters. The molecule has 8 nitrogen and oxygen atoms in total. The number of ether oxygens (including phenoxy) is 1. The fraction of sp³-hybridized carbons (Fsp3) is 0.481. The second kappa shape index (κ2) is 11.8. The number of hydrogen-bond donors (Lipinski definition) is 0. The van der Waals surface area contributed by atoms with Crippen molar-refractivity contribution >= 4 is 45.1 Å². The van der Waals surface area contributed by atoms with Gasteiger partial charge in [0, 0.05) is 24.7 Å². The van der Waals surface area contributed by atoms with E-state index in [-0.39, 0.29) is 24.9 Å². The summed E-state index contributed by atoms with van der Waals surface area (Å²) in [4.78, 5) is 30.7.